The molecular formula is C12H16ClNO3. The van der Waals surface area contributed by atoms with Gasteiger partial charge in [-0.2, -0.15) is 0 Å². The highest BCUT2D eigenvalue weighted by Gasteiger charge is 2.26. The first-order valence-electron chi connectivity index (χ1n) is 5.79. The Balaban J connectivity index is 2.09. The second-order valence-electron chi connectivity index (χ2n) is 4.01. The Kier molecular flexibility index (Phi) is 4.07. The van der Waals surface area contributed by atoms with E-state index in [2.05, 4.69) is 0 Å². The number of nitrogens with zero attached hydrogens (tertiary/aromatic N) is 1. The number of ether oxygens (including phenoxy) is 1. The summed E-state index contributed by atoms with van der Waals surface area (Å²) < 4.78 is 10.7. The molecule has 2 rings (SSSR count). The van der Waals surface area contributed by atoms with E-state index in [1.165, 1.54) is 0 Å². The van der Waals surface area contributed by atoms with Crippen molar-refractivity contribution in [2.24, 2.45) is 0 Å². The molecular weight excluding hydrogens is 242 g/mol. The summed E-state index contributed by atoms with van der Waals surface area (Å²) in [6, 6.07) is 1.73. The van der Waals surface area contributed by atoms with Crippen LogP contribution in [0.15, 0.2) is 16.7 Å². The van der Waals surface area contributed by atoms with E-state index in [1.807, 2.05) is 6.92 Å². The van der Waals surface area contributed by atoms with Gasteiger partial charge in [-0.25, -0.2) is 0 Å². The van der Waals surface area contributed by atoms with E-state index in [4.69, 9.17) is 20.8 Å². The fraction of sp³-hybridized carbons (Fsp3) is 0.583. The molecule has 0 bridgehead atoms. The molecule has 0 spiro atoms. The summed E-state index contributed by atoms with van der Waals surface area (Å²) in [6.45, 7) is 3.68. The van der Waals surface area contributed by atoms with Gasteiger partial charge >= 0.3 is 0 Å². The molecule has 0 radical (unpaired) electrons. The molecule has 1 aromatic rings. The number of morpholine rings is 1. The largest absolute Gasteiger partial charge is 0.469 e. The number of furan rings is 1. The number of carbonyl (C=O) groups is 1. The van der Waals surface area contributed by atoms with Crippen molar-refractivity contribution in [1.29, 1.82) is 0 Å². The minimum atomic E-state index is -0.0636. The fourth-order valence-corrected chi connectivity index (χ4v) is 2.16. The minimum absolute atomic E-state index is 0.00835. The van der Waals surface area contributed by atoms with Crippen molar-refractivity contribution >= 4 is 17.5 Å². The van der Waals surface area contributed by atoms with Crippen LogP contribution in [0.2, 0.25) is 0 Å². The van der Waals surface area contributed by atoms with E-state index in [0.717, 1.165) is 12.2 Å². The van der Waals surface area contributed by atoms with Crippen molar-refractivity contribution < 1.29 is 13.9 Å². The highest BCUT2D eigenvalue weighted by molar-refractivity contribution is 6.18. The van der Waals surface area contributed by atoms with Gasteiger partial charge in [-0.05, 0) is 6.07 Å². The number of alkyl halides is 1. The average molecular weight is 258 g/mol. The number of hydrogen-bond acceptors (Lipinski definition) is 3. The zero-order valence-electron chi connectivity index (χ0n) is 9.82. The summed E-state index contributed by atoms with van der Waals surface area (Å²) in [7, 11) is 0. The molecule has 5 heteroatoms. The lowest BCUT2D eigenvalue weighted by molar-refractivity contribution is -0.0108. The van der Waals surface area contributed by atoms with Crippen LogP contribution in [0.3, 0.4) is 0 Å². The second-order valence-corrected chi connectivity index (χ2v) is 4.32. The third-order valence-electron chi connectivity index (χ3n) is 2.90. The quantitative estimate of drug-likeness (QED) is 0.777. The number of carbonyl (C=O) groups excluding carboxylic acids is 1. The maximum absolute atomic E-state index is 12.3. The Hall–Kier alpha value is -1.00. The lowest BCUT2D eigenvalue weighted by Crippen LogP contribution is -2.46. The molecule has 0 N–H and O–H groups in total. The molecule has 1 unspecified atom stereocenters. The number of amides is 1. The molecule has 1 fully saturated rings. The number of hydrogen-bond donors (Lipinski definition) is 0. The molecule has 1 aromatic heterocycles. The van der Waals surface area contributed by atoms with Crippen LogP contribution in [0.25, 0.3) is 0 Å². The van der Waals surface area contributed by atoms with Gasteiger partial charge < -0.3 is 14.1 Å². The van der Waals surface area contributed by atoms with E-state index in [9.17, 15) is 4.79 Å². The van der Waals surface area contributed by atoms with Crippen molar-refractivity contribution in [2.45, 2.75) is 19.4 Å². The van der Waals surface area contributed by atoms with E-state index in [1.54, 1.807) is 17.2 Å². The fourth-order valence-electron chi connectivity index (χ4n) is 1.97. The van der Waals surface area contributed by atoms with Gasteiger partial charge in [-0.1, -0.05) is 6.92 Å². The highest BCUT2D eigenvalue weighted by Crippen LogP contribution is 2.16. The Morgan fingerprint density at radius 2 is 2.47 bits per heavy atom. The zero-order valence-corrected chi connectivity index (χ0v) is 10.6. The molecule has 1 atom stereocenters. The van der Waals surface area contributed by atoms with E-state index < -0.39 is 0 Å². The Bertz CT molecular complexity index is 391. The summed E-state index contributed by atoms with van der Waals surface area (Å²) in [4.78, 5) is 14.0. The van der Waals surface area contributed by atoms with Crippen LogP contribution in [0.4, 0.5) is 0 Å². The normalized spacial score (nSPS) is 20.6. The molecule has 1 saturated heterocycles. The van der Waals surface area contributed by atoms with Gasteiger partial charge in [0.05, 0.1) is 30.4 Å². The predicted octanol–water partition coefficient (Wildman–Crippen LogP) is 1.92. The Morgan fingerprint density at radius 3 is 3.18 bits per heavy atom. The van der Waals surface area contributed by atoms with Gasteiger partial charge in [-0.15, -0.1) is 11.6 Å². The van der Waals surface area contributed by atoms with Crippen LogP contribution in [0, 0.1) is 0 Å². The first kappa shape index (κ1) is 12.5. The van der Waals surface area contributed by atoms with Crippen LogP contribution in [0.1, 0.15) is 23.0 Å². The third kappa shape index (κ3) is 2.64. The van der Waals surface area contributed by atoms with Gasteiger partial charge in [-0.3, -0.25) is 4.79 Å². The first-order chi connectivity index (χ1) is 8.26. The lowest BCUT2D eigenvalue weighted by atomic mass is 10.1. The molecule has 0 aliphatic carbocycles. The van der Waals surface area contributed by atoms with Crippen LogP contribution in [-0.2, 0) is 11.2 Å². The van der Waals surface area contributed by atoms with Gasteiger partial charge in [0.1, 0.15) is 5.76 Å². The maximum Gasteiger partial charge on any atom is 0.257 e. The molecule has 1 aliphatic rings. The summed E-state index contributed by atoms with van der Waals surface area (Å²) in [5, 5.41) is 0. The van der Waals surface area contributed by atoms with Crippen molar-refractivity contribution in [2.75, 3.05) is 25.6 Å². The smallest absolute Gasteiger partial charge is 0.257 e. The Morgan fingerprint density at radius 1 is 1.65 bits per heavy atom. The summed E-state index contributed by atoms with van der Waals surface area (Å²) in [5.74, 6) is 1.16. The predicted molar refractivity (Wildman–Crippen MR) is 64.4 cm³/mol. The van der Waals surface area contributed by atoms with Gasteiger partial charge in [0, 0.05) is 19.5 Å². The van der Waals surface area contributed by atoms with Gasteiger partial charge in [0.25, 0.3) is 5.91 Å². The summed E-state index contributed by atoms with van der Waals surface area (Å²) in [6.07, 6.45) is 2.22. The standard InChI is InChI=1S/C12H16ClNO3/c1-2-11-10(3-5-17-11)12(15)14-4-6-16-9(7-13)8-14/h3,5,9H,2,4,6-8H2,1H3. The number of aryl methyl sites for hydroxylation is 1. The Labute approximate surface area is 105 Å². The van der Waals surface area contributed by atoms with Crippen molar-refractivity contribution in [3.63, 3.8) is 0 Å². The number of halogens is 1. The van der Waals surface area contributed by atoms with E-state index in [-0.39, 0.29) is 12.0 Å². The van der Waals surface area contributed by atoms with Crippen LogP contribution < -0.4 is 0 Å². The van der Waals surface area contributed by atoms with Crippen molar-refractivity contribution in [1.82, 2.24) is 4.90 Å². The SMILES string of the molecule is CCc1occc1C(=O)N1CCOC(CCl)C1. The van der Waals surface area contributed by atoms with Gasteiger partial charge in [0.15, 0.2) is 0 Å². The highest BCUT2D eigenvalue weighted by atomic mass is 35.5. The molecule has 4 nitrogen and oxygen atoms in total. The maximum atomic E-state index is 12.3. The summed E-state index contributed by atoms with van der Waals surface area (Å²) in [5.41, 5.74) is 0.655. The zero-order chi connectivity index (χ0) is 12.3. The minimum Gasteiger partial charge on any atom is -0.469 e. The van der Waals surface area contributed by atoms with E-state index >= 15 is 0 Å². The second kappa shape index (κ2) is 5.56. The van der Waals surface area contributed by atoms with Crippen molar-refractivity contribution in [3.8, 4) is 0 Å². The topological polar surface area (TPSA) is 42.7 Å². The molecule has 17 heavy (non-hydrogen) atoms. The molecule has 1 amide bonds. The van der Waals surface area contributed by atoms with Crippen LogP contribution in [-0.4, -0.2) is 42.5 Å². The lowest BCUT2D eigenvalue weighted by Gasteiger charge is -2.31. The first-order valence-corrected chi connectivity index (χ1v) is 6.33. The van der Waals surface area contributed by atoms with Gasteiger partial charge in [0.2, 0.25) is 0 Å². The molecule has 2 heterocycles. The molecule has 0 aromatic carbocycles. The summed E-state index contributed by atoms with van der Waals surface area (Å²) >= 11 is 5.75. The molecule has 1 aliphatic heterocycles. The van der Waals surface area contributed by atoms with Crippen LogP contribution in [0.5, 0.6) is 0 Å². The van der Waals surface area contributed by atoms with Crippen molar-refractivity contribution in [3.05, 3.63) is 23.7 Å². The third-order valence-corrected chi connectivity index (χ3v) is 3.24. The molecule has 94 valence electrons. The monoisotopic (exact) mass is 257 g/mol. The van der Waals surface area contributed by atoms with E-state index in [0.29, 0.717) is 31.1 Å². The number of rotatable bonds is 3. The molecule has 0 saturated carbocycles. The van der Waals surface area contributed by atoms with Crippen LogP contribution >= 0.6 is 11.6 Å². The average Bonchev–Trinajstić information content (AvgIpc) is 2.86.